The van der Waals surface area contributed by atoms with Gasteiger partial charge >= 0.3 is 103 Å². The summed E-state index contributed by atoms with van der Waals surface area (Å²) in [6.45, 7) is -0.181. The van der Waals surface area contributed by atoms with Crippen molar-refractivity contribution in [2.24, 2.45) is 0 Å². The Morgan fingerprint density at radius 2 is 1.30 bits per heavy atom. The van der Waals surface area contributed by atoms with E-state index in [2.05, 4.69) is 17.0 Å². The van der Waals surface area contributed by atoms with Crippen LogP contribution in [-0.4, -0.2) is 12.3 Å². The zero-order valence-electron chi connectivity index (χ0n) is 23.2. The molecule has 37 heavy (non-hydrogen) atoms. The van der Waals surface area contributed by atoms with Gasteiger partial charge in [-0.2, -0.15) is 10.5 Å². The molecular weight excluding hydrogens is 519 g/mol. The Balaban J connectivity index is -0.000000462. The monoisotopic (exact) mass is 552 g/mol. The molecule has 0 radical (unpaired) electrons. The summed E-state index contributed by atoms with van der Waals surface area (Å²) in [5.41, 5.74) is 4.43. The number of rotatable bonds is 3. The average Bonchev–Trinajstić information content (AvgIpc) is 2.93. The van der Waals surface area contributed by atoms with E-state index < -0.39 is 0 Å². The normalized spacial score (nSPS) is 13.3. The molecule has 2 fully saturated rings. The number of nitrogens with zero attached hydrogens (tertiary/aromatic N) is 2. The van der Waals surface area contributed by atoms with Gasteiger partial charge in [0.15, 0.2) is 0 Å². The summed E-state index contributed by atoms with van der Waals surface area (Å²) in [6, 6.07) is 24.2. The number of ketones is 1. The molecule has 2 aromatic carbocycles. The minimum Gasteiger partial charge on any atom is -1.00 e. The Kier molecular flexibility index (Phi) is 28.3. The summed E-state index contributed by atoms with van der Waals surface area (Å²) in [5.74, 6) is 0.464. The topological polar surface area (TPSA) is 114 Å². The minimum absolute atomic E-state index is 0. The molecule has 2 aliphatic carbocycles. The molecular formula is C29H34K2N2O4. The fraction of sp³-hybridized carbons (Fsp3) is 0.379. The SMILES string of the molecule is N#CC(=C1CCCCC1)c1ccccc1.N#CCc1ccccc1.O=C1CCCCC1.O=CO[O-].[H-].[K+].[K+]. The van der Waals surface area contributed by atoms with Crippen LogP contribution in [0.25, 0.3) is 5.57 Å². The summed E-state index contributed by atoms with van der Waals surface area (Å²) in [7, 11) is 0. The van der Waals surface area contributed by atoms with Gasteiger partial charge in [-0.15, -0.1) is 0 Å². The van der Waals surface area contributed by atoms with Gasteiger partial charge in [0, 0.05) is 12.8 Å². The molecule has 0 unspecified atom stereocenters. The number of hydrogen-bond acceptors (Lipinski definition) is 6. The zero-order chi connectivity index (χ0) is 25.6. The second-order valence-corrected chi connectivity index (χ2v) is 8.13. The second kappa shape index (κ2) is 27.1. The van der Waals surface area contributed by atoms with E-state index >= 15 is 0 Å². The first kappa shape index (κ1) is 38.7. The van der Waals surface area contributed by atoms with Crippen LogP contribution in [0.5, 0.6) is 0 Å². The van der Waals surface area contributed by atoms with Crippen LogP contribution in [0.4, 0.5) is 0 Å². The minimum atomic E-state index is -0.181. The third kappa shape index (κ3) is 19.3. The van der Waals surface area contributed by atoms with E-state index in [4.69, 9.17) is 15.3 Å². The summed E-state index contributed by atoms with van der Waals surface area (Å²) < 4.78 is 0. The first-order valence-electron chi connectivity index (χ1n) is 12.0. The van der Waals surface area contributed by atoms with Crippen molar-refractivity contribution >= 4 is 17.8 Å². The number of nitriles is 2. The molecule has 8 heteroatoms. The molecule has 0 amide bonds. The van der Waals surface area contributed by atoms with Crippen molar-refractivity contribution in [2.45, 2.75) is 70.6 Å². The molecule has 0 spiro atoms. The fourth-order valence-corrected chi connectivity index (χ4v) is 3.81. The number of benzene rings is 2. The van der Waals surface area contributed by atoms with Crippen LogP contribution < -0.4 is 108 Å². The predicted molar refractivity (Wildman–Crippen MR) is 134 cm³/mol. The molecule has 0 N–H and O–H groups in total. The molecule has 0 atom stereocenters. The Morgan fingerprint density at radius 3 is 1.68 bits per heavy atom. The van der Waals surface area contributed by atoms with Crippen molar-refractivity contribution in [3.63, 3.8) is 0 Å². The molecule has 2 aliphatic rings. The summed E-state index contributed by atoms with van der Waals surface area (Å²) in [4.78, 5) is 21.7. The van der Waals surface area contributed by atoms with Gasteiger partial charge in [-0.3, -0.25) is 9.59 Å². The fourth-order valence-electron chi connectivity index (χ4n) is 3.81. The quantitative estimate of drug-likeness (QED) is 0.171. The van der Waals surface area contributed by atoms with E-state index in [0.29, 0.717) is 12.2 Å². The molecule has 0 bridgehead atoms. The van der Waals surface area contributed by atoms with Gasteiger partial charge in [0.1, 0.15) is 5.78 Å². The van der Waals surface area contributed by atoms with Crippen LogP contribution in [0.3, 0.4) is 0 Å². The first-order chi connectivity index (χ1) is 17.2. The van der Waals surface area contributed by atoms with Crippen molar-refractivity contribution in [1.82, 2.24) is 0 Å². The largest absolute Gasteiger partial charge is 1.00 e. The van der Waals surface area contributed by atoms with Gasteiger partial charge in [0.25, 0.3) is 6.47 Å². The van der Waals surface area contributed by atoms with E-state index in [1.807, 2.05) is 60.7 Å². The van der Waals surface area contributed by atoms with E-state index in [1.54, 1.807) is 0 Å². The molecule has 0 saturated heterocycles. The Bertz CT molecular complexity index is 975. The molecule has 2 aromatic rings. The van der Waals surface area contributed by atoms with Crippen LogP contribution in [-0.2, 0) is 20.9 Å². The van der Waals surface area contributed by atoms with Crippen LogP contribution in [0.2, 0.25) is 0 Å². The maximum absolute atomic E-state index is 10.5. The van der Waals surface area contributed by atoms with Crippen LogP contribution in [0, 0.1) is 22.7 Å². The van der Waals surface area contributed by atoms with Gasteiger partial charge in [-0.05, 0) is 49.7 Å². The van der Waals surface area contributed by atoms with Crippen LogP contribution in [0.1, 0.15) is 76.8 Å². The molecule has 0 heterocycles. The maximum Gasteiger partial charge on any atom is 1.00 e. The molecule has 2 saturated carbocycles. The van der Waals surface area contributed by atoms with Crippen LogP contribution >= 0.6 is 0 Å². The summed E-state index contributed by atoms with van der Waals surface area (Å²) in [5, 5.41) is 25.9. The van der Waals surface area contributed by atoms with Crippen molar-refractivity contribution in [1.29, 1.82) is 10.5 Å². The van der Waals surface area contributed by atoms with E-state index in [0.717, 1.165) is 55.2 Å². The van der Waals surface area contributed by atoms with Crippen molar-refractivity contribution in [2.75, 3.05) is 0 Å². The van der Waals surface area contributed by atoms with E-state index in [1.165, 1.54) is 31.3 Å². The smallest absolute Gasteiger partial charge is 1.00 e. The van der Waals surface area contributed by atoms with E-state index in [9.17, 15) is 10.1 Å². The van der Waals surface area contributed by atoms with Crippen molar-refractivity contribution < 1.29 is 124 Å². The average molecular weight is 553 g/mol. The number of carbonyl (C=O) groups excluding carboxylic acids is 2. The standard InChI is InChI=1S/C14H15N.C8H7N.C6H10O.CH2O3.2K.H/c15-11-14(12-7-3-1-4-8-12)13-9-5-2-6-10-13;9-7-6-8-4-2-1-3-5-8;7-6-4-2-1-3-5-6;2-1-4-3;;;/h1,3-4,7-8H,2,5-6,9-10H2;1-5H,6H2;1-5H2;1,3H;;;/q;;;;2*+1;-1/p-1. The van der Waals surface area contributed by atoms with E-state index in [-0.39, 0.29) is 111 Å². The number of Topliss-reactive ketones (excluding diaryl/α,β-unsaturated/α-hetero) is 1. The van der Waals surface area contributed by atoms with Gasteiger partial charge in [-0.1, -0.05) is 79.1 Å². The third-order valence-electron chi connectivity index (χ3n) is 5.56. The molecule has 4 rings (SSSR count). The molecule has 0 aliphatic heterocycles. The number of hydrogen-bond donors (Lipinski definition) is 0. The summed E-state index contributed by atoms with van der Waals surface area (Å²) in [6.07, 6.45) is 11.8. The van der Waals surface area contributed by atoms with Gasteiger partial charge in [-0.25, -0.2) is 0 Å². The van der Waals surface area contributed by atoms with Gasteiger partial charge in [0.05, 0.1) is 24.1 Å². The number of allylic oxidation sites excluding steroid dienone is 2. The number of carbonyl (C=O) groups is 2. The predicted octanol–water partition coefficient (Wildman–Crippen LogP) is -0.245. The molecule has 186 valence electrons. The molecule has 6 nitrogen and oxygen atoms in total. The van der Waals surface area contributed by atoms with Crippen LogP contribution in [0.15, 0.2) is 66.2 Å². The Hall–Kier alpha value is -0.467. The zero-order valence-corrected chi connectivity index (χ0v) is 28.4. The van der Waals surface area contributed by atoms with Crippen molar-refractivity contribution in [3.8, 4) is 12.1 Å². The van der Waals surface area contributed by atoms with Gasteiger partial charge in [0.2, 0.25) is 0 Å². The third-order valence-corrected chi connectivity index (χ3v) is 5.56. The van der Waals surface area contributed by atoms with Gasteiger partial charge < -0.3 is 11.6 Å². The first-order valence-corrected chi connectivity index (χ1v) is 12.0. The van der Waals surface area contributed by atoms with Crippen molar-refractivity contribution in [3.05, 3.63) is 77.4 Å². The molecule has 0 aromatic heterocycles. The Labute approximate surface area is 307 Å². The maximum atomic E-state index is 10.5. The Morgan fingerprint density at radius 1 is 0.838 bits per heavy atom. The summed E-state index contributed by atoms with van der Waals surface area (Å²) >= 11 is 0. The second-order valence-electron chi connectivity index (χ2n) is 8.13.